The first-order chi connectivity index (χ1) is 16.9. The maximum Gasteiger partial charge on any atom is 0.223 e. The van der Waals surface area contributed by atoms with E-state index in [0.29, 0.717) is 36.4 Å². The summed E-state index contributed by atoms with van der Waals surface area (Å²) in [5.74, 6) is -0.469. The number of anilines is 2. The Morgan fingerprint density at radius 2 is 1.74 bits per heavy atom. The predicted molar refractivity (Wildman–Crippen MR) is 134 cm³/mol. The van der Waals surface area contributed by atoms with Crippen molar-refractivity contribution < 1.29 is 13.5 Å². The van der Waals surface area contributed by atoms with Crippen LogP contribution in [-0.4, -0.2) is 84.3 Å². The predicted octanol–water partition coefficient (Wildman–Crippen LogP) is 4.00. The van der Waals surface area contributed by atoms with Crippen LogP contribution in [0.1, 0.15) is 39.5 Å². The Morgan fingerprint density at radius 1 is 1.00 bits per heavy atom. The van der Waals surface area contributed by atoms with Crippen LogP contribution in [0.5, 0.6) is 5.75 Å². The number of fused-ring (bicyclic) bond motifs is 1. The van der Waals surface area contributed by atoms with Gasteiger partial charge in [-0.15, -0.1) is 0 Å². The van der Waals surface area contributed by atoms with Gasteiger partial charge in [-0.3, -0.25) is 0 Å². The Hall–Kier alpha value is -2.52. The van der Waals surface area contributed by atoms with Gasteiger partial charge in [-0.1, -0.05) is 0 Å². The lowest BCUT2D eigenvalue weighted by atomic mass is 9.98. The van der Waals surface area contributed by atoms with Crippen LogP contribution in [-0.2, 0) is 0 Å². The third-order valence-corrected chi connectivity index (χ3v) is 7.62. The molecular formula is C26H36F2N6O. The van der Waals surface area contributed by atoms with Crippen molar-refractivity contribution in [1.82, 2.24) is 19.8 Å². The van der Waals surface area contributed by atoms with Gasteiger partial charge in [-0.25, -0.2) is 18.7 Å². The Balaban J connectivity index is 1.30. The van der Waals surface area contributed by atoms with Crippen LogP contribution in [0, 0.1) is 11.6 Å². The molecule has 0 saturated carbocycles. The molecule has 0 spiro atoms. The highest BCUT2D eigenvalue weighted by atomic mass is 19.1. The van der Waals surface area contributed by atoms with Crippen LogP contribution in [0.3, 0.4) is 0 Å². The van der Waals surface area contributed by atoms with Crippen molar-refractivity contribution in [2.45, 2.75) is 57.7 Å². The minimum absolute atomic E-state index is 0.0993. The van der Waals surface area contributed by atoms with Gasteiger partial charge in [0.05, 0.1) is 18.4 Å². The normalized spacial score (nSPS) is 20.7. The molecule has 1 N–H and O–H groups in total. The number of halogens is 2. The SMILES string of the molecule is CC(C)N1CCOc2c(F)cc(-c3nc(NC4CCN(C5CCN(C)CC5)CC4)ncc3F)cc21. The van der Waals surface area contributed by atoms with Crippen LogP contribution >= 0.6 is 0 Å². The number of aromatic nitrogens is 2. The number of piperidine rings is 2. The maximum absolute atomic E-state index is 14.9. The molecule has 3 aliphatic rings. The smallest absolute Gasteiger partial charge is 0.223 e. The lowest BCUT2D eigenvalue weighted by Gasteiger charge is -2.41. The average molecular weight is 487 g/mol. The molecule has 5 rings (SSSR count). The second kappa shape index (κ2) is 10.2. The molecule has 2 saturated heterocycles. The molecular weight excluding hydrogens is 450 g/mol. The summed E-state index contributed by atoms with van der Waals surface area (Å²) < 4.78 is 35.3. The van der Waals surface area contributed by atoms with E-state index in [1.165, 1.54) is 38.2 Å². The molecule has 0 unspecified atom stereocenters. The maximum atomic E-state index is 14.9. The van der Waals surface area contributed by atoms with Crippen molar-refractivity contribution in [2.75, 3.05) is 56.6 Å². The standard InChI is InChI=1S/C26H36F2N6O/c1-17(2)34-12-13-35-25-21(27)14-18(15-23(25)34)24-22(28)16-29-26(31-24)30-19-4-10-33(11-5-19)20-6-8-32(3)9-7-20/h14-17,19-20H,4-13H2,1-3H3,(H,29,30,31). The van der Waals surface area contributed by atoms with Gasteiger partial charge in [0.15, 0.2) is 17.4 Å². The molecule has 1 aromatic carbocycles. The Morgan fingerprint density at radius 3 is 2.46 bits per heavy atom. The van der Waals surface area contributed by atoms with E-state index < -0.39 is 11.6 Å². The first kappa shape index (κ1) is 24.2. The summed E-state index contributed by atoms with van der Waals surface area (Å²) in [6.45, 7) is 9.59. The largest absolute Gasteiger partial charge is 0.486 e. The Bertz CT molecular complexity index is 1030. The molecule has 0 amide bonds. The van der Waals surface area contributed by atoms with E-state index in [4.69, 9.17) is 4.74 Å². The summed E-state index contributed by atoms with van der Waals surface area (Å²) in [4.78, 5) is 15.7. The van der Waals surface area contributed by atoms with Crippen molar-refractivity contribution in [2.24, 2.45) is 0 Å². The summed E-state index contributed by atoms with van der Waals surface area (Å²) >= 11 is 0. The fraction of sp³-hybridized carbons (Fsp3) is 0.615. The van der Waals surface area contributed by atoms with E-state index in [-0.39, 0.29) is 23.5 Å². The van der Waals surface area contributed by atoms with Gasteiger partial charge in [-0.05, 0) is 71.8 Å². The third-order valence-electron chi connectivity index (χ3n) is 7.62. The van der Waals surface area contributed by atoms with Crippen molar-refractivity contribution in [3.63, 3.8) is 0 Å². The lowest BCUT2D eigenvalue weighted by molar-refractivity contribution is 0.0993. The summed E-state index contributed by atoms with van der Waals surface area (Å²) in [7, 11) is 2.19. The summed E-state index contributed by atoms with van der Waals surface area (Å²) in [6, 6.07) is 4.15. The number of nitrogens with zero attached hydrogens (tertiary/aromatic N) is 5. The molecule has 2 fully saturated rings. The van der Waals surface area contributed by atoms with Gasteiger partial charge in [0, 0.05) is 36.8 Å². The van der Waals surface area contributed by atoms with Crippen molar-refractivity contribution >= 4 is 11.6 Å². The van der Waals surface area contributed by atoms with Crippen LogP contribution in [0.2, 0.25) is 0 Å². The Labute approximate surface area is 206 Å². The zero-order chi connectivity index (χ0) is 24.5. The third kappa shape index (κ3) is 5.21. The van der Waals surface area contributed by atoms with Crippen LogP contribution < -0.4 is 15.0 Å². The van der Waals surface area contributed by atoms with E-state index in [1.807, 2.05) is 13.8 Å². The number of ether oxygens (including phenoxy) is 1. The Kier molecular flexibility index (Phi) is 7.07. The average Bonchev–Trinajstić information content (AvgIpc) is 2.86. The van der Waals surface area contributed by atoms with Gasteiger partial charge in [0.2, 0.25) is 5.95 Å². The monoisotopic (exact) mass is 486 g/mol. The number of hydrogen-bond acceptors (Lipinski definition) is 7. The first-order valence-electron chi connectivity index (χ1n) is 12.8. The van der Waals surface area contributed by atoms with Crippen molar-refractivity contribution in [3.05, 3.63) is 30.0 Å². The van der Waals surface area contributed by atoms with E-state index >= 15 is 0 Å². The first-order valence-corrected chi connectivity index (χ1v) is 12.8. The van der Waals surface area contributed by atoms with Gasteiger partial charge in [0.25, 0.3) is 0 Å². The quantitative estimate of drug-likeness (QED) is 0.686. The van der Waals surface area contributed by atoms with Crippen LogP contribution in [0.25, 0.3) is 11.3 Å². The van der Waals surface area contributed by atoms with E-state index in [9.17, 15) is 8.78 Å². The van der Waals surface area contributed by atoms with Crippen LogP contribution in [0.4, 0.5) is 20.4 Å². The highest BCUT2D eigenvalue weighted by Crippen LogP contribution is 2.39. The minimum Gasteiger partial charge on any atom is -0.486 e. The van der Waals surface area contributed by atoms with Crippen molar-refractivity contribution in [1.29, 1.82) is 0 Å². The lowest BCUT2D eigenvalue weighted by Crippen LogP contribution is -2.48. The van der Waals surface area contributed by atoms with Crippen LogP contribution in [0.15, 0.2) is 18.3 Å². The second-order valence-corrected chi connectivity index (χ2v) is 10.3. The fourth-order valence-electron chi connectivity index (χ4n) is 5.57. The zero-order valence-electron chi connectivity index (χ0n) is 20.9. The summed E-state index contributed by atoms with van der Waals surface area (Å²) in [5.41, 5.74) is 1.12. The second-order valence-electron chi connectivity index (χ2n) is 10.3. The molecule has 35 heavy (non-hydrogen) atoms. The molecule has 190 valence electrons. The summed E-state index contributed by atoms with van der Waals surface area (Å²) in [6.07, 6.45) is 5.63. The van der Waals surface area contributed by atoms with E-state index in [2.05, 4.69) is 37.0 Å². The highest BCUT2D eigenvalue weighted by Gasteiger charge is 2.28. The highest BCUT2D eigenvalue weighted by molar-refractivity contribution is 5.72. The summed E-state index contributed by atoms with van der Waals surface area (Å²) in [5, 5.41) is 3.40. The van der Waals surface area contributed by atoms with Gasteiger partial charge >= 0.3 is 0 Å². The molecule has 2 aromatic rings. The number of rotatable bonds is 5. The molecule has 0 bridgehead atoms. The van der Waals surface area contributed by atoms with E-state index in [0.717, 1.165) is 25.9 Å². The molecule has 0 radical (unpaired) electrons. The molecule has 9 heteroatoms. The minimum atomic E-state index is -0.570. The number of likely N-dealkylation sites (tertiary alicyclic amines) is 2. The van der Waals surface area contributed by atoms with Gasteiger partial charge in [0.1, 0.15) is 12.3 Å². The number of nitrogens with one attached hydrogen (secondary N) is 1. The molecule has 4 heterocycles. The van der Waals surface area contributed by atoms with Gasteiger partial charge < -0.3 is 24.8 Å². The number of benzene rings is 1. The van der Waals surface area contributed by atoms with Gasteiger partial charge in [-0.2, -0.15) is 0 Å². The number of hydrogen-bond donors (Lipinski definition) is 1. The zero-order valence-corrected chi connectivity index (χ0v) is 20.9. The topological polar surface area (TPSA) is 56.8 Å². The molecule has 3 aliphatic heterocycles. The van der Waals surface area contributed by atoms with E-state index in [1.54, 1.807) is 6.07 Å². The molecule has 1 aromatic heterocycles. The molecule has 0 atom stereocenters. The molecule has 0 aliphatic carbocycles. The fourth-order valence-corrected chi connectivity index (χ4v) is 5.57. The molecule has 7 nitrogen and oxygen atoms in total. The van der Waals surface area contributed by atoms with Crippen molar-refractivity contribution in [3.8, 4) is 17.0 Å².